The molecule has 1 aromatic heterocycles. The Hall–Kier alpha value is -3.48. The number of nitrogens with zero attached hydrogens (tertiary/aromatic N) is 1. The van der Waals surface area contributed by atoms with Crippen molar-refractivity contribution < 1.29 is 18.3 Å². The average Bonchev–Trinajstić information content (AvgIpc) is 2.71. The number of aromatic nitrogens is 1. The van der Waals surface area contributed by atoms with Crippen molar-refractivity contribution in [3.8, 4) is 5.75 Å². The number of para-hydroxylation sites is 1. The van der Waals surface area contributed by atoms with E-state index in [-0.39, 0.29) is 17.3 Å². The van der Waals surface area contributed by atoms with Gasteiger partial charge < -0.3 is 15.4 Å². The third kappa shape index (κ3) is 4.82. The van der Waals surface area contributed by atoms with Crippen LogP contribution in [-0.4, -0.2) is 24.5 Å². The summed E-state index contributed by atoms with van der Waals surface area (Å²) in [7, 11) is 1.60. The number of benzene rings is 2. The van der Waals surface area contributed by atoms with Crippen molar-refractivity contribution in [1.29, 1.82) is 0 Å². The van der Waals surface area contributed by atoms with Crippen LogP contribution in [0, 0.1) is 11.6 Å². The summed E-state index contributed by atoms with van der Waals surface area (Å²) in [6.45, 7) is 0.423. The summed E-state index contributed by atoms with van der Waals surface area (Å²) in [5.74, 6) is -1.04. The van der Waals surface area contributed by atoms with Gasteiger partial charge in [0.05, 0.1) is 7.11 Å². The first kappa shape index (κ1) is 19.3. The van der Waals surface area contributed by atoms with Crippen molar-refractivity contribution in [3.05, 3.63) is 83.7 Å². The SMILES string of the molecule is COc1ccc(CCNC(=O)c2cc(Nc3c(F)cccc3F)ccn2)cc1. The van der Waals surface area contributed by atoms with Gasteiger partial charge in [0.15, 0.2) is 0 Å². The molecule has 0 unspecified atom stereocenters. The minimum absolute atomic E-state index is 0.150. The molecule has 0 aliphatic rings. The van der Waals surface area contributed by atoms with Gasteiger partial charge in [-0.15, -0.1) is 0 Å². The molecule has 0 saturated carbocycles. The van der Waals surface area contributed by atoms with Crippen LogP contribution in [-0.2, 0) is 6.42 Å². The first-order valence-electron chi connectivity index (χ1n) is 8.65. The van der Waals surface area contributed by atoms with Gasteiger partial charge in [-0.3, -0.25) is 9.78 Å². The molecular weight excluding hydrogens is 364 g/mol. The van der Waals surface area contributed by atoms with Crippen molar-refractivity contribution in [2.45, 2.75) is 6.42 Å². The molecule has 5 nitrogen and oxygen atoms in total. The van der Waals surface area contributed by atoms with Gasteiger partial charge in [0, 0.05) is 18.4 Å². The predicted molar refractivity (Wildman–Crippen MR) is 103 cm³/mol. The number of pyridine rings is 1. The van der Waals surface area contributed by atoms with Crippen molar-refractivity contribution in [2.75, 3.05) is 19.0 Å². The lowest BCUT2D eigenvalue weighted by atomic mass is 10.1. The zero-order chi connectivity index (χ0) is 19.9. The van der Waals surface area contributed by atoms with Crippen LogP contribution in [0.1, 0.15) is 16.1 Å². The number of nitrogens with one attached hydrogen (secondary N) is 2. The molecule has 144 valence electrons. The molecule has 0 bridgehead atoms. The Bertz CT molecular complexity index is 942. The van der Waals surface area contributed by atoms with Gasteiger partial charge in [-0.1, -0.05) is 18.2 Å². The normalized spacial score (nSPS) is 10.4. The minimum Gasteiger partial charge on any atom is -0.497 e. The number of hydrogen-bond acceptors (Lipinski definition) is 4. The van der Waals surface area contributed by atoms with Gasteiger partial charge in [0.2, 0.25) is 0 Å². The molecule has 2 N–H and O–H groups in total. The highest BCUT2D eigenvalue weighted by Gasteiger charge is 2.11. The molecule has 28 heavy (non-hydrogen) atoms. The van der Waals surface area contributed by atoms with E-state index in [9.17, 15) is 13.6 Å². The summed E-state index contributed by atoms with van der Waals surface area (Å²) in [6, 6.07) is 14.1. The maximum atomic E-state index is 13.8. The summed E-state index contributed by atoms with van der Waals surface area (Å²) in [5.41, 5.74) is 1.29. The van der Waals surface area contributed by atoms with Crippen LogP contribution in [0.15, 0.2) is 60.8 Å². The molecule has 0 radical (unpaired) electrons. The molecule has 1 heterocycles. The van der Waals surface area contributed by atoms with E-state index in [1.807, 2.05) is 24.3 Å². The van der Waals surface area contributed by atoms with Crippen LogP contribution < -0.4 is 15.4 Å². The van der Waals surface area contributed by atoms with Gasteiger partial charge in [-0.2, -0.15) is 0 Å². The smallest absolute Gasteiger partial charge is 0.269 e. The van der Waals surface area contributed by atoms with Crippen molar-refractivity contribution in [1.82, 2.24) is 10.3 Å². The topological polar surface area (TPSA) is 63.2 Å². The molecule has 3 rings (SSSR count). The molecule has 0 fully saturated rings. The highest BCUT2D eigenvalue weighted by molar-refractivity contribution is 5.93. The average molecular weight is 383 g/mol. The van der Waals surface area contributed by atoms with Crippen LogP contribution >= 0.6 is 0 Å². The van der Waals surface area contributed by atoms with Gasteiger partial charge in [-0.25, -0.2) is 8.78 Å². The number of carbonyl (C=O) groups is 1. The molecule has 7 heteroatoms. The second-order valence-corrected chi connectivity index (χ2v) is 6.01. The summed E-state index contributed by atoms with van der Waals surface area (Å²) in [4.78, 5) is 16.3. The molecule has 0 spiro atoms. The van der Waals surface area contributed by atoms with Gasteiger partial charge in [-0.05, 0) is 48.4 Å². The predicted octanol–water partition coefficient (Wildman–Crippen LogP) is 4.08. The third-order valence-corrected chi connectivity index (χ3v) is 4.08. The fourth-order valence-corrected chi connectivity index (χ4v) is 2.60. The first-order valence-corrected chi connectivity index (χ1v) is 8.65. The molecule has 2 aromatic carbocycles. The van der Waals surface area contributed by atoms with E-state index >= 15 is 0 Å². The van der Waals surface area contributed by atoms with Gasteiger partial charge in [0.25, 0.3) is 5.91 Å². The van der Waals surface area contributed by atoms with Crippen LogP contribution in [0.4, 0.5) is 20.2 Å². The fraction of sp³-hybridized carbons (Fsp3) is 0.143. The van der Waals surface area contributed by atoms with E-state index < -0.39 is 11.6 Å². The number of halogens is 2. The van der Waals surface area contributed by atoms with Gasteiger partial charge in [0.1, 0.15) is 28.8 Å². The largest absolute Gasteiger partial charge is 0.497 e. The highest BCUT2D eigenvalue weighted by Crippen LogP contribution is 2.23. The van der Waals surface area contributed by atoms with Crippen LogP contribution in [0.5, 0.6) is 5.75 Å². The Morgan fingerprint density at radius 2 is 1.79 bits per heavy atom. The minimum atomic E-state index is -0.720. The molecule has 3 aromatic rings. The lowest BCUT2D eigenvalue weighted by Crippen LogP contribution is -2.26. The van der Waals surface area contributed by atoms with E-state index in [4.69, 9.17) is 4.74 Å². The number of ether oxygens (including phenoxy) is 1. The Balaban J connectivity index is 1.60. The lowest BCUT2D eigenvalue weighted by Gasteiger charge is -2.10. The second kappa shape index (κ2) is 8.94. The van der Waals surface area contributed by atoms with Crippen molar-refractivity contribution in [3.63, 3.8) is 0 Å². The molecule has 0 aliphatic carbocycles. The Morgan fingerprint density at radius 1 is 1.07 bits per heavy atom. The summed E-state index contributed by atoms with van der Waals surface area (Å²) < 4.78 is 32.6. The number of amides is 1. The Morgan fingerprint density at radius 3 is 2.46 bits per heavy atom. The second-order valence-electron chi connectivity index (χ2n) is 6.01. The number of anilines is 2. The molecule has 0 atom stereocenters. The molecular formula is C21H19F2N3O2. The van der Waals surface area contributed by atoms with Crippen LogP contribution in [0.2, 0.25) is 0 Å². The fourth-order valence-electron chi connectivity index (χ4n) is 2.60. The van der Waals surface area contributed by atoms with Gasteiger partial charge >= 0.3 is 0 Å². The molecule has 1 amide bonds. The highest BCUT2D eigenvalue weighted by atomic mass is 19.1. The maximum Gasteiger partial charge on any atom is 0.269 e. The zero-order valence-corrected chi connectivity index (χ0v) is 15.2. The Labute approximate surface area is 161 Å². The van der Waals surface area contributed by atoms with Crippen molar-refractivity contribution >= 4 is 17.3 Å². The quantitative estimate of drug-likeness (QED) is 0.645. The van der Waals surface area contributed by atoms with Crippen LogP contribution in [0.25, 0.3) is 0 Å². The standard InChI is InChI=1S/C21H19F2N3O2/c1-28-16-7-5-14(6-8-16)9-11-25-21(27)19-13-15(10-12-24-19)26-20-17(22)3-2-4-18(20)23/h2-8,10,12-13H,9,11H2,1H3,(H,24,26)(H,25,27). The third-order valence-electron chi connectivity index (χ3n) is 4.08. The number of carbonyl (C=O) groups excluding carboxylic acids is 1. The number of methoxy groups -OCH3 is 1. The Kier molecular flexibility index (Phi) is 6.16. The molecule has 0 saturated heterocycles. The lowest BCUT2D eigenvalue weighted by molar-refractivity contribution is 0.0949. The first-order chi connectivity index (χ1) is 13.6. The van der Waals surface area contributed by atoms with E-state index in [0.29, 0.717) is 18.7 Å². The van der Waals surface area contributed by atoms with E-state index in [0.717, 1.165) is 23.4 Å². The van der Waals surface area contributed by atoms with E-state index in [1.54, 1.807) is 7.11 Å². The van der Waals surface area contributed by atoms with Crippen molar-refractivity contribution in [2.24, 2.45) is 0 Å². The number of hydrogen-bond donors (Lipinski definition) is 2. The van der Waals surface area contributed by atoms with E-state index in [1.165, 1.54) is 24.4 Å². The zero-order valence-electron chi connectivity index (χ0n) is 15.2. The number of rotatable bonds is 7. The summed E-state index contributed by atoms with van der Waals surface area (Å²) >= 11 is 0. The monoisotopic (exact) mass is 383 g/mol. The summed E-state index contributed by atoms with van der Waals surface area (Å²) in [6.07, 6.45) is 2.05. The van der Waals surface area contributed by atoms with E-state index in [2.05, 4.69) is 15.6 Å². The summed E-state index contributed by atoms with van der Waals surface area (Å²) in [5, 5.41) is 5.43. The molecule has 0 aliphatic heterocycles. The maximum absolute atomic E-state index is 13.8. The van der Waals surface area contributed by atoms with Crippen LogP contribution in [0.3, 0.4) is 0 Å².